The van der Waals surface area contributed by atoms with Crippen molar-refractivity contribution in [3.8, 4) is 5.75 Å². The van der Waals surface area contributed by atoms with Crippen molar-refractivity contribution in [1.82, 2.24) is 4.98 Å². The molecule has 1 aromatic carbocycles. The van der Waals surface area contributed by atoms with Crippen LogP contribution < -0.4 is 21.3 Å². The van der Waals surface area contributed by atoms with Gasteiger partial charge in [0, 0.05) is 16.8 Å². The molecule has 0 aliphatic heterocycles. The number of hydrogen-bond donors (Lipinski definition) is 3. The van der Waals surface area contributed by atoms with Crippen LogP contribution in [0.15, 0.2) is 30.5 Å². The second-order valence-corrected chi connectivity index (χ2v) is 4.84. The Hall–Kier alpha value is -2.12. The van der Waals surface area contributed by atoms with E-state index in [0.717, 1.165) is 16.3 Å². The summed E-state index contributed by atoms with van der Waals surface area (Å²) in [4.78, 5) is 16.7. The molecule has 2 aromatic rings. The normalized spacial score (nSPS) is 10.0. The summed E-state index contributed by atoms with van der Waals surface area (Å²) >= 11 is 1.35. The zero-order chi connectivity index (χ0) is 13.7. The molecule has 0 aliphatic rings. The maximum absolute atomic E-state index is 11.8. The first-order valence-electron chi connectivity index (χ1n) is 5.56. The summed E-state index contributed by atoms with van der Waals surface area (Å²) in [6.07, 6.45) is 1.90. The maximum atomic E-state index is 11.8. The molecule has 2 rings (SSSR count). The highest BCUT2D eigenvalue weighted by Crippen LogP contribution is 2.19. The van der Waals surface area contributed by atoms with Crippen molar-refractivity contribution < 1.29 is 9.53 Å². The van der Waals surface area contributed by atoms with Gasteiger partial charge in [-0.15, -0.1) is 11.3 Å². The average Bonchev–Trinajstić information content (AvgIpc) is 2.87. The van der Waals surface area contributed by atoms with E-state index < -0.39 is 0 Å². The number of nitrogens with zero attached hydrogens (tertiary/aromatic N) is 1. The van der Waals surface area contributed by atoms with E-state index in [1.54, 1.807) is 37.6 Å². The largest absolute Gasteiger partial charge is 0.497 e. The van der Waals surface area contributed by atoms with Crippen molar-refractivity contribution in [2.75, 3.05) is 17.9 Å². The maximum Gasteiger partial charge on any atom is 0.229 e. The van der Waals surface area contributed by atoms with Crippen LogP contribution in [0.4, 0.5) is 10.8 Å². The summed E-state index contributed by atoms with van der Waals surface area (Å²) in [5, 5.41) is 3.39. The molecule has 1 aromatic heterocycles. The van der Waals surface area contributed by atoms with E-state index >= 15 is 0 Å². The van der Waals surface area contributed by atoms with Crippen LogP contribution in [-0.2, 0) is 11.2 Å². The molecule has 0 saturated heterocycles. The lowest BCUT2D eigenvalue weighted by atomic mass is 10.3. The lowest BCUT2D eigenvalue weighted by molar-refractivity contribution is -0.115. The number of amides is 1. The van der Waals surface area contributed by atoms with Crippen molar-refractivity contribution in [2.24, 2.45) is 5.84 Å². The van der Waals surface area contributed by atoms with Crippen LogP contribution in [0.5, 0.6) is 5.75 Å². The minimum atomic E-state index is -0.0996. The van der Waals surface area contributed by atoms with Crippen molar-refractivity contribution in [2.45, 2.75) is 6.42 Å². The Morgan fingerprint density at radius 3 is 2.74 bits per heavy atom. The Morgan fingerprint density at radius 1 is 1.42 bits per heavy atom. The number of carbonyl (C=O) groups excluding carboxylic acids is 1. The van der Waals surface area contributed by atoms with E-state index in [-0.39, 0.29) is 12.3 Å². The third-order valence-corrected chi connectivity index (χ3v) is 3.31. The number of nitrogens with one attached hydrogen (secondary N) is 2. The van der Waals surface area contributed by atoms with Crippen LogP contribution in [0.1, 0.15) is 4.88 Å². The molecule has 0 unspecified atom stereocenters. The highest BCUT2D eigenvalue weighted by molar-refractivity contribution is 7.15. The lowest BCUT2D eigenvalue weighted by Gasteiger charge is -2.05. The van der Waals surface area contributed by atoms with Crippen LogP contribution in [0, 0.1) is 0 Å². The second-order valence-electron chi connectivity index (χ2n) is 3.73. The van der Waals surface area contributed by atoms with Crippen LogP contribution in [-0.4, -0.2) is 18.0 Å². The summed E-state index contributed by atoms with van der Waals surface area (Å²) in [6.45, 7) is 0. The number of aromatic nitrogens is 1. The number of anilines is 2. The summed E-state index contributed by atoms with van der Waals surface area (Å²) in [7, 11) is 1.60. The SMILES string of the molecule is COc1ccc(NC(=O)Cc2cnc(NN)s2)cc1. The van der Waals surface area contributed by atoms with E-state index in [1.165, 1.54) is 11.3 Å². The molecule has 19 heavy (non-hydrogen) atoms. The van der Waals surface area contributed by atoms with Gasteiger partial charge < -0.3 is 10.1 Å². The van der Waals surface area contributed by atoms with Gasteiger partial charge in [0.25, 0.3) is 0 Å². The third-order valence-electron chi connectivity index (χ3n) is 2.39. The monoisotopic (exact) mass is 278 g/mol. The molecule has 100 valence electrons. The van der Waals surface area contributed by atoms with Crippen molar-refractivity contribution in [3.05, 3.63) is 35.3 Å². The topological polar surface area (TPSA) is 89.3 Å². The Labute approximate surface area is 114 Å². The molecule has 0 radical (unpaired) electrons. The Balaban J connectivity index is 1.93. The Bertz CT molecular complexity index is 553. The van der Waals surface area contributed by atoms with Gasteiger partial charge in [-0.3, -0.25) is 10.2 Å². The molecule has 7 heteroatoms. The molecule has 0 bridgehead atoms. The van der Waals surface area contributed by atoms with Crippen molar-refractivity contribution in [3.63, 3.8) is 0 Å². The number of ether oxygens (including phenoxy) is 1. The minimum absolute atomic E-state index is 0.0996. The second kappa shape index (κ2) is 6.17. The Kier molecular flexibility index (Phi) is 4.32. The number of hydrogen-bond acceptors (Lipinski definition) is 6. The van der Waals surface area contributed by atoms with Gasteiger partial charge in [-0.05, 0) is 24.3 Å². The number of benzene rings is 1. The standard InChI is InChI=1S/C12H14N4O2S/c1-18-9-4-2-8(3-5-9)15-11(17)6-10-7-14-12(16-13)19-10/h2-5,7H,6,13H2,1H3,(H,14,16)(H,15,17). The number of nitrogens with two attached hydrogens (primary N) is 1. The van der Waals surface area contributed by atoms with Gasteiger partial charge >= 0.3 is 0 Å². The Morgan fingerprint density at radius 2 is 2.16 bits per heavy atom. The van der Waals surface area contributed by atoms with Crippen LogP contribution in [0.2, 0.25) is 0 Å². The number of rotatable bonds is 5. The molecule has 0 atom stereocenters. The predicted molar refractivity (Wildman–Crippen MR) is 75.3 cm³/mol. The number of thiazole rings is 1. The minimum Gasteiger partial charge on any atom is -0.497 e. The number of nitrogen functional groups attached to an aromatic ring is 1. The van der Waals surface area contributed by atoms with Gasteiger partial charge in [-0.2, -0.15) is 0 Å². The molecule has 1 amide bonds. The fourth-order valence-corrected chi connectivity index (χ4v) is 2.22. The van der Waals surface area contributed by atoms with E-state index in [1.807, 2.05) is 0 Å². The molecule has 0 saturated carbocycles. The molecular formula is C12H14N4O2S. The first-order chi connectivity index (χ1) is 9.21. The quantitative estimate of drug-likeness (QED) is 0.571. The summed E-state index contributed by atoms with van der Waals surface area (Å²) < 4.78 is 5.05. The fraction of sp³-hybridized carbons (Fsp3) is 0.167. The van der Waals surface area contributed by atoms with Gasteiger partial charge in [0.05, 0.1) is 13.5 Å². The van der Waals surface area contributed by atoms with E-state index in [2.05, 4.69) is 15.7 Å². The predicted octanol–water partition coefficient (Wildman–Crippen LogP) is 1.62. The van der Waals surface area contributed by atoms with Gasteiger partial charge in [0.1, 0.15) is 5.75 Å². The van der Waals surface area contributed by atoms with E-state index in [9.17, 15) is 4.79 Å². The van der Waals surface area contributed by atoms with Crippen LogP contribution in [0.3, 0.4) is 0 Å². The van der Waals surface area contributed by atoms with Crippen molar-refractivity contribution in [1.29, 1.82) is 0 Å². The van der Waals surface area contributed by atoms with E-state index in [4.69, 9.17) is 10.6 Å². The van der Waals surface area contributed by atoms with Crippen molar-refractivity contribution >= 4 is 28.1 Å². The molecule has 1 heterocycles. The number of methoxy groups -OCH3 is 1. The lowest BCUT2D eigenvalue weighted by Crippen LogP contribution is -2.13. The van der Waals surface area contributed by atoms with Crippen LogP contribution in [0.25, 0.3) is 0 Å². The van der Waals surface area contributed by atoms with Gasteiger partial charge in [-0.1, -0.05) is 0 Å². The third kappa shape index (κ3) is 3.67. The highest BCUT2D eigenvalue weighted by Gasteiger charge is 2.07. The number of carbonyl (C=O) groups is 1. The first-order valence-corrected chi connectivity index (χ1v) is 6.38. The summed E-state index contributed by atoms with van der Waals surface area (Å²) in [6, 6.07) is 7.16. The molecule has 0 spiro atoms. The van der Waals surface area contributed by atoms with Gasteiger partial charge in [-0.25, -0.2) is 10.8 Å². The van der Waals surface area contributed by atoms with Gasteiger partial charge in [0.2, 0.25) is 5.91 Å². The average molecular weight is 278 g/mol. The summed E-state index contributed by atoms with van der Waals surface area (Å²) in [5.74, 6) is 5.88. The summed E-state index contributed by atoms with van der Waals surface area (Å²) in [5.41, 5.74) is 3.17. The molecule has 4 N–H and O–H groups in total. The molecule has 0 aliphatic carbocycles. The number of hydrazine groups is 1. The van der Waals surface area contributed by atoms with Crippen LogP contribution >= 0.6 is 11.3 Å². The van der Waals surface area contributed by atoms with E-state index in [0.29, 0.717) is 5.13 Å². The first kappa shape index (κ1) is 13.3. The highest BCUT2D eigenvalue weighted by atomic mass is 32.1. The zero-order valence-electron chi connectivity index (χ0n) is 10.3. The molecule has 0 fully saturated rings. The zero-order valence-corrected chi connectivity index (χ0v) is 11.2. The van der Waals surface area contributed by atoms with Gasteiger partial charge in [0.15, 0.2) is 5.13 Å². The molecular weight excluding hydrogens is 264 g/mol. The fourth-order valence-electron chi connectivity index (χ4n) is 1.49. The molecule has 6 nitrogen and oxygen atoms in total. The smallest absolute Gasteiger partial charge is 0.229 e.